The topological polar surface area (TPSA) is 50.4 Å². The van der Waals surface area contributed by atoms with Gasteiger partial charge in [0.25, 0.3) is 0 Å². The fraction of sp³-hybridized carbons (Fsp3) is 0.480. The minimum atomic E-state index is -0.129. The zero-order chi connectivity index (χ0) is 20.1. The van der Waals surface area contributed by atoms with Gasteiger partial charge in [-0.25, -0.2) is 0 Å². The summed E-state index contributed by atoms with van der Waals surface area (Å²) in [6, 6.07) is 16.5. The highest BCUT2D eigenvalue weighted by Crippen LogP contribution is 2.31. The number of rotatable bonds is 6. The van der Waals surface area contributed by atoms with Crippen molar-refractivity contribution in [1.82, 2.24) is 10.6 Å². The molecule has 2 aliphatic heterocycles. The van der Waals surface area contributed by atoms with Gasteiger partial charge in [-0.1, -0.05) is 43.3 Å². The van der Waals surface area contributed by atoms with E-state index in [0.29, 0.717) is 18.3 Å². The molecule has 4 rings (SSSR count). The molecule has 1 saturated heterocycles. The van der Waals surface area contributed by atoms with E-state index in [0.717, 1.165) is 49.4 Å². The number of piperidine rings is 1. The van der Waals surface area contributed by atoms with Crippen LogP contribution in [0.4, 0.5) is 0 Å². The fourth-order valence-electron chi connectivity index (χ4n) is 4.66. The van der Waals surface area contributed by atoms with Crippen LogP contribution in [0.25, 0.3) is 0 Å². The molecule has 2 aliphatic rings. The average Bonchev–Trinajstić information content (AvgIpc) is 2.78. The standard InChI is InChI=1S/C25H32N2O2/c1-18(19-11-13-26-14-12-19)16-24(28)27-25(20-6-3-2-4-7-20)22-9-10-23-21(17-22)8-5-15-29-23/h2-4,6-7,9-10,17-19,25-26H,5,8,11-16H2,1H3,(H,27,28). The SMILES string of the molecule is CC(CC(=O)NC(c1ccccc1)c1ccc2c(c1)CCCO2)C1CCNCC1. The predicted octanol–water partition coefficient (Wildman–Crippen LogP) is 4.24. The van der Waals surface area contributed by atoms with Gasteiger partial charge in [-0.15, -0.1) is 0 Å². The van der Waals surface area contributed by atoms with Crippen LogP contribution in [-0.4, -0.2) is 25.6 Å². The van der Waals surface area contributed by atoms with E-state index in [-0.39, 0.29) is 11.9 Å². The molecule has 1 fully saturated rings. The third-order valence-electron chi connectivity index (χ3n) is 6.40. The highest BCUT2D eigenvalue weighted by molar-refractivity contribution is 5.77. The first-order valence-corrected chi connectivity index (χ1v) is 11.0. The molecule has 2 heterocycles. The van der Waals surface area contributed by atoms with Gasteiger partial charge < -0.3 is 15.4 Å². The van der Waals surface area contributed by atoms with Gasteiger partial charge in [0.1, 0.15) is 5.75 Å². The summed E-state index contributed by atoms with van der Waals surface area (Å²) in [4.78, 5) is 13.0. The molecule has 4 nitrogen and oxygen atoms in total. The number of nitrogens with one attached hydrogen (secondary N) is 2. The van der Waals surface area contributed by atoms with Crippen molar-refractivity contribution < 1.29 is 9.53 Å². The monoisotopic (exact) mass is 392 g/mol. The average molecular weight is 393 g/mol. The van der Waals surface area contributed by atoms with Crippen LogP contribution < -0.4 is 15.4 Å². The second kappa shape index (κ2) is 9.45. The summed E-state index contributed by atoms with van der Waals surface area (Å²) in [5, 5.41) is 6.74. The van der Waals surface area contributed by atoms with E-state index in [1.807, 2.05) is 18.2 Å². The molecule has 0 radical (unpaired) electrons. The van der Waals surface area contributed by atoms with Crippen LogP contribution in [0, 0.1) is 11.8 Å². The van der Waals surface area contributed by atoms with Crippen LogP contribution in [-0.2, 0) is 11.2 Å². The Bertz CT molecular complexity index is 815. The number of hydrogen-bond acceptors (Lipinski definition) is 3. The van der Waals surface area contributed by atoms with Crippen molar-refractivity contribution in [2.75, 3.05) is 19.7 Å². The summed E-state index contributed by atoms with van der Waals surface area (Å²) < 4.78 is 5.77. The summed E-state index contributed by atoms with van der Waals surface area (Å²) >= 11 is 0. The number of carbonyl (C=O) groups excluding carboxylic acids is 1. The Morgan fingerprint density at radius 3 is 2.72 bits per heavy atom. The van der Waals surface area contributed by atoms with Crippen LogP contribution >= 0.6 is 0 Å². The largest absolute Gasteiger partial charge is 0.493 e. The highest BCUT2D eigenvalue weighted by atomic mass is 16.5. The second-order valence-corrected chi connectivity index (χ2v) is 8.50. The molecule has 0 saturated carbocycles. The minimum absolute atomic E-state index is 0.129. The van der Waals surface area contributed by atoms with Crippen molar-refractivity contribution in [3.8, 4) is 5.75 Å². The zero-order valence-corrected chi connectivity index (χ0v) is 17.3. The maximum absolute atomic E-state index is 13.0. The van der Waals surface area contributed by atoms with Crippen LogP contribution in [0.2, 0.25) is 0 Å². The molecule has 0 spiro atoms. The Morgan fingerprint density at radius 1 is 1.14 bits per heavy atom. The van der Waals surface area contributed by atoms with Crippen LogP contribution in [0.3, 0.4) is 0 Å². The van der Waals surface area contributed by atoms with Gasteiger partial charge in [0.15, 0.2) is 0 Å². The minimum Gasteiger partial charge on any atom is -0.493 e. The molecular formula is C25H32N2O2. The van der Waals surface area contributed by atoms with E-state index in [9.17, 15) is 4.79 Å². The number of fused-ring (bicyclic) bond motifs is 1. The lowest BCUT2D eigenvalue weighted by molar-refractivity contribution is -0.122. The predicted molar refractivity (Wildman–Crippen MR) is 116 cm³/mol. The first-order chi connectivity index (χ1) is 14.2. The number of amides is 1. The summed E-state index contributed by atoms with van der Waals surface area (Å²) in [5.74, 6) is 2.17. The van der Waals surface area contributed by atoms with Gasteiger partial charge in [-0.2, -0.15) is 0 Å². The Labute approximate surface area is 174 Å². The Morgan fingerprint density at radius 2 is 1.93 bits per heavy atom. The van der Waals surface area contributed by atoms with E-state index in [2.05, 4.69) is 47.9 Å². The second-order valence-electron chi connectivity index (χ2n) is 8.50. The normalized spacial score (nSPS) is 18.9. The molecule has 29 heavy (non-hydrogen) atoms. The molecular weight excluding hydrogens is 360 g/mol. The summed E-state index contributed by atoms with van der Waals surface area (Å²) in [5.41, 5.74) is 3.49. The van der Waals surface area contributed by atoms with E-state index in [1.54, 1.807) is 0 Å². The Kier molecular flexibility index (Phi) is 6.50. The molecule has 4 heteroatoms. The summed E-state index contributed by atoms with van der Waals surface area (Å²) in [7, 11) is 0. The molecule has 2 aromatic carbocycles. The van der Waals surface area contributed by atoms with Crippen molar-refractivity contribution in [3.05, 3.63) is 65.2 Å². The zero-order valence-electron chi connectivity index (χ0n) is 17.3. The Balaban J connectivity index is 1.51. The van der Waals surface area contributed by atoms with E-state index in [1.165, 1.54) is 18.4 Å². The fourth-order valence-corrected chi connectivity index (χ4v) is 4.66. The van der Waals surface area contributed by atoms with Crippen LogP contribution in [0.15, 0.2) is 48.5 Å². The van der Waals surface area contributed by atoms with Gasteiger partial charge in [0.05, 0.1) is 12.6 Å². The van der Waals surface area contributed by atoms with E-state index >= 15 is 0 Å². The highest BCUT2D eigenvalue weighted by Gasteiger charge is 2.24. The third kappa shape index (κ3) is 4.99. The number of benzene rings is 2. The molecule has 0 bridgehead atoms. The van der Waals surface area contributed by atoms with Crippen molar-refractivity contribution in [2.24, 2.45) is 11.8 Å². The van der Waals surface area contributed by atoms with Gasteiger partial charge >= 0.3 is 0 Å². The van der Waals surface area contributed by atoms with Gasteiger partial charge in [0, 0.05) is 6.42 Å². The quantitative estimate of drug-likeness (QED) is 0.773. The number of aryl methyl sites for hydroxylation is 1. The van der Waals surface area contributed by atoms with Crippen molar-refractivity contribution in [3.63, 3.8) is 0 Å². The number of ether oxygens (including phenoxy) is 1. The molecule has 2 atom stereocenters. The van der Waals surface area contributed by atoms with Crippen molar-refractivity contribution in [2.45, 2.75) is 45.1 Å². The number of carbonyl (C=O) groups is 1. The van der Waals surface area contributed by atoms with Gasteiger partial charge in [-0.3, -0.25) is 4.79 Å². The maximum Gasteiger partial charge on any atom is 0.221 e. The van der Waals surface area contributed by atoms with Gasteiger partial charge in [-0.05, 0) is 79.4 Å². The molecule has 0 aliphatic carbocycles. The third-order valence-corrected chi connectivity index (χ3v) is 6.40. The number of hydrogen-bond donors (Lipinski definition) is 2. The van der Waals surface area contributed by atoms with Crippen LogP contribution in [0.5, 0.6) is 5.75 Å². The smallest absolute Gasteiger partial charge is 0.221 e. The lowest BCUT2D eigenvalue weighted by atomic mass is 9.84. The lowest BCUT2D eigenvalue weighted by Crippen LogP contribution is -2.35. The van der Waals surface area contributed by atoms with E-state index in [4.69, 9.17) is 4.74 Å². The summed E-state index contributed by atoms with van der Waals surface area (Å²) in [6.07, 6.45) is 5.00. The van der Waals surface area contributed by atoms with Gasteiger partial charge in [0.2, 0.25) is 5.91 Å². The lowest BCUT2D eigenvalue weighted by Gasteiger charge is -2.29. The molecule has 1 amide bonds. The van der Waals surface area contributed by atoms with E-state index < -0.39 is 0 Å². The Hall–Kier alpha value is -2.33. The molecule has 154 valence electrons. The molecule has 2 unspecified atom stereocenters. The molecule has 2 N–H and O–H groups in total. The van der Waals surface area contributed by atoms with Crippen LogP contribution in [0.1, 0.15) is 55.3 Å². The maximum atomic E-state index is 13.0. The summed E-state index contributed by atoms with van der Waals surface area (Å²) in [6.45, 7) is 5.16. The first kappa shape index (κ1) is 20.0. The first-order valence-electron chi connectivity index (χ1n) is 11.0. The van der Waals surface area contributed by atoms with Crippen molar-refractivity contribution >= 4 is 5.91 Å². The molecule has 0 aromatic heterocycles. The molecule has 2 aromatic rings. The van der Waals surface area contributed by atoms with Crippen molar-refractivity contribution in [1.29, 1.82) is 0 Å².